The second-order valence-electron chi connectivity index (χ2n) is 5.38. The number of nitrogens with one attached hydrogen (secondary N) is 2. The van der Waals surface area contributed by atoms with Gasteiger partial charge in [0.25, 0.3) is 0 Å². The third-order valence-electron chi connectivity index (χ3n) is 2.38. The van der Waals surface area contributed by atoms with Gasteiger partial charge in [0.05, 0.1) is 14.2 Å². The molecule has 0 aliphatic rings. The topological polar surface area (TPSA) is 93.7 Å². The maximum Gasteiger partial charge on any atom is 0.325 e. The van der Waals surface area contributed by atoms with Crippen LogP contribution in [0.25, 0.3) is 0 Å². The molecule has 0 aliphatic carbocycles. The van der Waals surface area contributed by atoms with Gasteiger partial charge in [-0.2, -0.15) is 0 Å². The second-order valence-corrected chi connectivity index (χ2v) is 7.68. The van der Waals surface area contributed by atoms with Crippen LogP contribution >= 0.6 is 7.44 Å². The summed E-state index contributed by atoms with van der Waals surface area (Å²) in [4.78, 5) is 23.1. The zero-order chi connectivity index (χ0) is 15.5. The van der Waals surface area contributed by atoms with E-state index >= 15 is 0 Å². The third-order valence-corrected chi connectivity index (χ3v) is 4.35. The van der Waals surface area contributed by atoms with Gasteiger partial charge in [0.2, 0.25) is 7.44 Å². The van der Waals surface area contributed by atoms with E-state index in [-0.39, 0.29) is 0 Å². The molecule has 0 rings (SSSR count). The monoisotopic (exact) mass is 294 g/mol. The molecule has 0 aromatic carbocycles. The molecule has 0 radical (unpaired) electrons. The maximum absolute atomic E-state index is 12.4. The summed E-state index contributed by atoms with van der Waals surface area (Å²) in [5, 5.41) is 5.36. The van der Waals surface area contributed by atoms with Crippen LogP contribution in [0.4, 0.5) is 0 Å². The van der Waals surface area contributed by atoms with Gasteiger partial charge >= 0.3 is 11.9 Å². The van der Waals surface area contributed by atoms with E-state index in [0.29, 0.717) is 0 Å². The third kappa shape index (κ3) is 5.30. The smallest absolute Gasteiger partial charge is 0.325 e. The normalized spacial score (nSPS) is 13.0. The highest BCUT2D eigenvalue weighted by Crippen LogP contribution is 2.37. The number of methoxy groups -OCH3 is 2. The van der Waals surface area contributed by atoms with Gasteiger partial charge in [0.15, 0.2) is 0 Å². The molecule has 0 atom stereocenters. The minimum Gasteiger partial charge on any atom is -0.468 e. The van der Waals surface area contributed by atoms with Crippen molar-refractivity contribution in [3.63, 3.8) is 0 Å². The predicted molar refractivity (Wildman–Crippen MR) is 72.0 cm³/mol. The molecule has 8 heteroatoms. The highest BCUT2D eigenvalue weighted by atomic mass is 31.2. The number of hydrogen-bond acceptors (Lipinski definition) is 5. The molecule has 0 heterocycles. The number of carbonyl (C=O) groups excluding carboxylic acids is 2. The van der Waals surface area contributed by atoms with Crippen molar-refractivity contribution in [2.24, 2.45) is 0 Å². The Kier molecular flexibility index (Phi) is 5.74. The molecule has 0 aromatic rings. The van der Waals surface area contributed by atoms with Crippen molar-refractivity contribution < 1.29 is 23.6 Å². The molecule has 2 N–H and O–H groups in total. The molecule has 0 bridgehead atoms. The van der Waals surface area contributed by atoms with Crippen LogP contribution in [0.3, 0.4) is 0 Å². The van der Waals surface area contributed by atoms with E-state index in [2.05, 4.69) is 19.6 Å². The first-order valence-corrected chi connectivity index (χ1v) is 7.86. The number of hydrogen-bond donors (Lipinski definition) is 2. The molecule has 7 nitrogen and oxygen atoms in total. The molecule has 0 saturated heterocycles. The lowest BCUT2D eigenvalue weighted by atomic mass is 10.1. The fourth-order valence-electron chi connectivity index (χ4n) is 1.70. The Labute approximate surface area is 113 Å². The van der Waals surface area contributed by atoms with Crippen molar-refractivity contribution in [3.8, 4) is 0 Å². The Morgan fingerprint density at radius 1 is 0.895 bits per heavy atom. The Morgan fingerprint density at radius 3 is 1.37 bits per heavy atom. The molecule has 0 aliphatic heterocycles. The minimum absolute atomic E-state index is 0.549. The average molecular weight is 294 g/mol. The molecule has 0 spiro atoms. The number of esters is 2. The highest BCUT2D eigenvalue weighted by molar-refractivity contribution is 7.59. The van der Waals surface area contributed by atoms with Crippen molar-refractivity contribution in [2.45, 2.75) is 38.8 Å². The minimum atomic E-state index is -3.17. The molecule has 0 amide bonds. The first-order valence-electron chi connectivity index (χ1n) is 5.71. The van der Waals surface area contributed by atoms with Gasteiger partial charge in [-0.25, -0.2) is 10.2 Å². The van der Waals surface area contributed by atoms with Gasteiger partial charge in [-0.3, -0.25) is 14.2 Å². The van der Waals surface area contributed by atoms with Crippen molar-refractivity contribution in [1.82, 2.24) is 10.2 Å². The lowest BCUT2D eigenvalue weighted by molar-refractivity contribution is -0.146. The first kappa shape index (κ1) is 18.1. The van der Waals surface area contributed by atoms with Crippen LogP contribution in [-0.4, -0.2) is 43.9 Å². The summed E-state index contributed by atoms with van der Waals surface area (Å²) in [5.41, 5.74) is -2.28. The molecular weight excluding hydrogens is 271 g/mol. The molecule has 19 heavy (non-hydrogen) atoms. The van der Waals surface area contributed by atoms with Crippen LogP contribution in [0.2, 0.25) is 0 Å². The van der Waals surface area contributed by atoms with E-state index in [0.717, 1.165) is 0 Å². The van der Waals surface area contributed by atoms with Crippen molar-refractivity contribution >= 4 is 19.4 Å². The highest BCUT2D eigenvalue weighted by Gasteiger charge is 2.39. The standard InChI is InChI=1S/C11H23N2O5P/c1-10(2,8(14)17-5)12-19(7,16)13-11(3,4)9(15)18-6/h1-7H3,(H2,12,13,16). The van der Waals surface area contributed by atoms with Gasteiger partial charge in [-0.1, -0.05) is 0 Å². The largest absolute Gasteiger partial charge is 0.468 e. The number of ether oxygens (including phenoxy) is 2. The van der Waals surface area contributed by atoms with Crippen LogP contribution in [0.5, 0.6) is 0 Å². The summed E-state index contributed by atoms with van der Waals surface area (Å²) in [6, 6.07) is 0. The summed E-state index contributed by atoms with van der Waals surface area (Å²) in [7, 11) is -0.675. The van der Waals surface area contributed by atoms with Crippen LogP contribution in [-0.2, 0) is 23.6 Å². The van der Waals surface area contributed by atoms with E-state index in [1.807, 2.05) is 0 Å². The molecule has 0 unspecified atom stereocenters. The first-order chi connectivity index (χ1) is 8.38. The lowest BCUT2D eigenvalue weighted by Crippen LogP contribution is -2.52. The van der Waals surface area contributed by atoms with E-state index in [9.17, 15) is 14.2 Å². The molecule has 112 valence electrons. The van der Waals surface area contributed by atoms with Gasteiger partial charge in [0, 0.05) is 6.66 Å². The summed E-state index contributed by atoms with van der Waals surface area (Å²) in [6.07, 6.45) is 0. The van der Waals surface area contributed by atoms with Crippen molar-refractivity contribution in [2.75, 3.05) is 20.9 Å². The summed E-state index contributed by atoms with van der Waals surface area (Å²) < 4.78 is 21.7. The summed E-state index contributed by atoms with van der Waals surface area (Å²) in [6.45, 7) is 7.57. The number of carbonyl (C=O) groups is 2. The van der Waals surface area contributed by atoms with Gasteiger partial charge in [0.1, 0.15) is 11.1 Å². The Hall–Kier alpha value is -0.910. The van der Waals surface area contributed by atoms with Gasteiger partial charge in [-0.05, 0) is 27.7 Å². The fraction of sp³-hybridized carbons (Fsp3) is 0.818. The second kappa shape index (κ2) is 6.03. The van der Waals surface area contributed by atoms with Crippen LogP contribution in [0, 0.1) is 0 Å². The molecular formula is C11H23N2O5P. The summed E-state index contributed by atoms with van der Waals surface area (Å²) >= 11 is 0. The Morgan fingerprint density at radius 2 is 1.16 bits per heavy atom. The molecule has 0 aromatic heterocycles. The SMILES string of the molecule is COC(=O)C(C)(C)NP(C)(=O)NC(C)(C)C(=O)OC. The average Bonchev–Trinajstić information content (AvgIpc) is 2.23. The van der Waals surface area contributed by atoms with Crippen LogP contribution in [0.1, 0.15) is 27.7 Å². The van der Waals surface area contributed by atoms with E-state index < -0.39 is 30.5 Å². The fourth-order valence-corrected chi connectivity index (χ4v) is 4.07. The zero-order valence-corrected chi connectivity index (χ0v) is 13.4. The van der Waals surface area contributed by atoms with Gasteiger partial charge < -0.3 is 9.47 Å². The van der Waals surface area contributed by atoms with Crippen LogP contribution < -0.4 is 10.2 Å². The Bertz CT molecular complexity index is 372. The predicted octanol–water partition coefficient (Wildman–Crippen LogP) is 0.892. The zero-order valence-electron chi connectivity index (χ0n) is 12.5. The molecule has 0 fully saturated rings. The van der Waals surface area contributed by atoms with Gasteiger partial charge in [-0.15, -0.1) is 0 Å². The van der Waals surface area contributed by atoms with Crippen LogP contribution in [0.15, 0.2) is 0 Å². The van der Waals surface area contributed by atoms with Crippen molar-refractivity contribution in [3.05, 3.63) is 0 Å². The molecule has 0 saturated carbocycles. The quantitative estimate of drug-likeness (QED) is 0.555. The Balaban J connectivity index is 4.97. The van der Waals surface area contributed by atoms with E-state index in [1.165, 1.54) is 20.9 Å². The summed E-state index contributed by atoms with van der Waals surface area (Å²) in [5.74, 6) is -1.10. The number of rotatable bonds is 6. The van der Waals surface area contributed by atoms with Crippen molar-refractivity contribution in [1.29, 1.82) is 0 Å². The van der Waals surface area contributed by atoms with E-state index in [1.54, 1.807) is 27.7 Å². The lowest BCUT2D eigenvalue weighted by Gasteiger charge is -2.32. The maximum atomic E-state index is 12.4. The van der Waals surface area contributed by atoms with E-state index in [4.69, 9.17) is 0 Å².